The predicted octanol–water partition coefficient (Wildman–Crippen LogP) is 4.03. The van der Waals surface area contributed by atoms with Crippen molar-refractivity contribution in [2.24, 2.45) is 0 Å². The Morgan fingerprint density at radius 3 is 2.62 bits per heavy atom. The van der Waals surface area contributed by atoms with Crippen molar-refractivity contribution in [3.05, 3.63) is 59.6 Å². The highest BCUT2D eigenvalue weighted by molar-refractivity contribution is 7.15. The molecule has 0 saturated carbocycles. The summed E-state index contributed by atoms with van der Waals surface area (Å²) in [7, 11) is 0. The van der Waals surface area contributed by atoms with Gasteiger partial charge >= 0.3 is 0 Å². The van der Waals surface area contributed by atoms with E-state index in [0.717, 1.165) is 39.1 Å². The highest BCUT2D eigenvalue weighted by Gasteiger charge is 2.14. The van der Waals surface area contributed by atoms with Crippen LogP contribution >= 0.6 is 11.3 Å². The molecular formula is C18H17N5S. The molecule has 0 aliphatic rings. The van der Waals surface area contributed by atoms with Crippen LogP contribution in [-0.4, -0.2) is 26.3 Å². The minimum atomic E-state index is 0.661. The topological polar surface area (TPSA) is 55.6 Å². The Kier molecular flexibility index (Phi) is 3.96. The number of nitrogens with zero attached hydrogens (tertiary/aromatic N) is 4. The number of benzene rings is 2. The predicted molar refractivity (Wildman–Crippen MR) is 98.3 cm³/mol. The van der Waals surface area contributed by atoms with E-state index in [1.165, 1.54) is 0 Å². The van der Waals surface area contributed by atoms with Crippen molar-refractivity contribution in [2.45, 2.75) is 13.5 Å². The third-order valence-corrected chi connectivity index (χ3v) is 4.64. The Morgan fingerprint density at radius 2 is 1.79 bits per heavy atom. The van der Waals surface area contributed by atoms with Gasteiger partial charge in [-0.25, -0.2) is 4.98 Å². The Morgan fingerprint density at radius 1 is 1.00 bits per heavy atom. The first-order chi connectivity index (χ1) is 11.8. The third-order valence-electron chi connectivity index (χ3n) is 3.77. The standard InChI is InChI=1S/C18H17N5S/c1-2-19-18-22-21-16(24-18)12-23-15-11-7-6-10-14(15)20-17(23)13-8-4-3-5-9-13/h3-11H,2,12H2,1H3,(H,19,22). The highest BCUT2D eigenvalue weighted by Crippen LogP contribution is 2.27. The molecule has 4 rings (SSSR count). The minimum Gasteiger partial charge on any atom is -0.360 e. The van der Waals surface area contributed by atoms with E-state index < -0.39 is 0 Å². The number of aromatic nitrogens is 4. The van der Waals surface area contributed by atoms with Crippen molar-refractivity contribution < 1.29 is 0 Å². The molecule has 0 amide bonds. The molecule has 0 saturated heterocycles. The fourth-order valence-electron chi connectivity index (χ4n) is 2.72. The van der Waals surface area contributed by atoms with Gasteiger partial charge in [-0.3, -0.25) is 0 Å². The van der Waals surface area contributed by atoms with Gasteiger partial charge in [-0.2, -0.15) is 0 Å². The van der Waals surface area contributed by atoms with Crippen LogP contribution in [-0.2, 0) is 6.54 Å². The van der Waals surface area contributed by atoms with Gasteiger partial charge in [0.15, 0.2) is 0 Å². The molecule has 2 heterocycles. The van der Waals surface area contributed by atoms with Gasteiger partial charge in [0.1, 0.15) is 10.8 Å². The fraction of sp³-hybridized carbons (Fsp3) is 0.167. The van der Waals surface area contributed by atoms with Crippen LogP contribution < -0.4 is 5.32 Å². The second-order valence-corrected chi connectivity index (χ2v) is 6.47. The fourth-order valence-corrected chi connectivity index (χ4v) is 3.52. The summed E-state index contributed by atoms with van der Waals surface area (Å²) in [5, 5.41) is 13.5. The first-order valence-corrected chi connectivity index (χ1v) is 8.73. The van der Waals surface area contributed by atoms with E-state index in [2.05, 4.69) is 45.2 Å². The zero-order valence-corrected chi connectivity index (χ0v) is 14.1. The molecule has 2 aromatic heterocycles. The minimum absolute atomic E-state index is 0.661. The monoisotopic (exact) mass is 335 g/mol. The molecule has 0 unspecified atom stereocenters. The number of imidazole rings is 1. The number of hydrogen-bond acceptors (Lipinski definition) is 5. The van der Waals surface area contributed by atoms with E-state index in [4.69, 9.17) is 4.98 Å². The van der Waals surface area contributed by atoms with E-state index >= 15 is 0 Å². The normalized spacial score (nSPS) is 11.0. The molecule has 24 heavy (non-hydrogen) atoms. The van der Waals surface area contributed by atoms with Crippen LogP contribution in [0.5, 0.6) is 0 Å². The molecule has 0 fully saturated rings. The molecule has 5 nitrogen and oxygen atoms in total. The summed E-state index contributed by atoms with van der Waals surface area (Å²) in [5.41, 5.74) is 3.20. The molecule has 0 bridgehead atoms. The lowest BCUT2D eigenvalue weighted by Gasteiger charge is -2.07. The van der Waals surface area contributed by atoms with Crippen LogP contribution in [0.4, 0.5) is 5.13 Å². The summed E-state index contributed by atoms with van der Waals surface area (Å²) < 4.78 is 2.21. The SMILES string of the molecule is CCNc1nnc(Cn2c(-c3ccccc3)nc3ccccc32)s1. The summed E-state index contributed by atoms with van der Waals surface area (Å²) in [5.74, 6) is 0.956. The van der Waals surface area contributed by atoms with Gasteiger partial charge in [0.05, 0.1) is 17.6 Å². The molecule has 0 aliphatic heterocycles. The third kappa shape index (κ3) is 2.76. The lowest BCUT2D eigenvalue weighted by Crippen LogP contribution is -2.02. The molecular weight excluding hydrogens is 318 g/mol. The summed E-state index contributed by atoms with van der Waals surface area (Å²) in [6.07, 6.45) is 0. The number of anilines is 1. The quantitative estimate of drug-likeness (QED) is 0.598. The zero-order chi connectivity index (χ0) is 16.4. The number of fused-ring (bicyclic) bond motifs is 1. The average molecular weight is 335 g/mol. The van der Waals surface area contributed by atoms with Gasteiger partial charge in [0.25, 0.3) is 0 Å². The molecule has 0 spiro atoms. The second-order valence-electron chi connectivity index (χ2n) is 5.41. The van der Waals surface area contributed by atoms with Gasteiger partial charge in [-0.15, -0.1) is 10.2 Å². The maximum atomic E-state index is 4.83. The Labute approximate surface area is 144 Å². The summed E-state index contributed by atoms with van der Waals surface area (Å²) in [4.78, 5) is 4.83. The molecule has 4 aromatic rings. The first kappa shape index (κ1) is 14.8. The van der Waals surface area contributed by atoms with E-state index in [1.807, 2.05) is 36.4 Å². The van der Waals surface area contributed by atoms with Crippen LogP contribution in [0.1, 0.15) is 11.9 Å². The van der Waals surface area contributed by atoms with Gasteiger partial charge in [-0.05, 0) is 19.1 Å². The maximum Gasteiger partial charge on any atom is 0.205 e. The largest absolute Gasteiger partial charge is 0.360 e. The van der Waals surface area contributed by atoms with E-state index in [9.17, 15) is 0 Å². The molecule has 6 heteroatoms. The molecule has 0 radical (unpaired) electrons. The maximum absolute atomic E-state index is 4.83. The van der Waals surface area contributed by atoms with Gasteiger partial charge in [0.2, 0.25) is 5.13 Å². The van der Waals surface area contributed by atoms with Crippen LogP contribution in [0.25, 0.3) is 22.4 Å². The number of para-hydroxylation sites is 2. The molecule has 0 aliphatic carbocycles. The number of rotatable bonds is 5. The van der Waals surface area contributed by atoms with Crippen molar-refractivity contribution in [1.82, 2.24) is 19.7 Å². The van der Waals surface area contributed by atoms with E-state index in [0.29, 0.717) is 6.54 Å². The highest BCUT2D eigenvalue weighted by atomic mass is 32.1. The first-order valence-electron chi connectivity index (χ1n) is 7.92. The van der Waals surface area contributed by atoms with Gasteiger partial charge in [0, 0.05) is 12.1 Å². The summed E-state index contributed by atoms with van der Waals surface area (Å²) >= 11 is 1.59. The van der Waals surface area contributed by atoms with Crippen molar-refractivity contribution >= 4 is 27.5 Å². The van der Waals surface area contributed by atoms with Crippen molar-refractivity contribution in [2.75, 3.05) is 11.9 Å². The van der Waals surface area contributed by atoms with E-state index in [1.54, 1.807) is 11.3 Å². The smallest absolute Gasteiger partial charge is 0.205 e. The summed E-state index contributed by atoms with van der Waals surface area (Å²) in [6, 6.07) is 18.5. The van der Waals surface area contributed by atoms with Crippen LogP contribution in [0, 0.1) is 0 Å². The van der Waals surface area contributed by atoms with Crippen molar-refractivity contribution in [3.63, 3.8) is 0 Å². The summed E-state index contributed by atoms with van der Waals surface area (Å²) in [6.45, 7) is 3.56. The van der Waals surface area contributed by atoms with Crippen LogP contribution in [0.15, 0.2) is 54.6 Å². The average Bonchev–Trinajstić information content (AvgIpc) is 3.21. The lowest BCUT2D eigenvalue weighted by molar-refractivity contribution is 0.808. The van der Waals surface area contributed by atoms with E-state index in [-0.39, 0.29) is 0 Å². The lowest BCUT2D eigenvalue weighted by atomic mass is 10.2. The Balaban J connectivity index is 1.80. The number of nitrogens with one attached hydrogen (secondary N) is 1. The van der Waals surface area contributed by atoms with Crippen LogP contribution in [0.2, 0.25) is 0 Å². The zero-order valence-electron chi connectivity index (χ0n) is 13.3. The molecule has 120 valence electrons. The number of hydrogen-bond donors (Lipinski definition) is 1. The van der Waals surface area contributed by atoms with Crippen molar-refractivity contribution in [1.29, 1.82) is 0 Å². The Bertz CT molecular complexity index is 958. The van der Waals surface area contributed by atoms with Gasteiger partial charge < -0.3 is 9.88 Å². The molecule has 0 atom stereocenters. The molecule has 1 N–H and O–H groups in total. The van der Waals surface area contributed by atoms with Gasteiger partial charge in [-0.1, -0.05) is 53.8 Å². The van der Waals surface area contributed by atoms with Crippen molar-refractivity contribution in [3.8, 4) is 11.4 Å². The Hall–Kier alpha value is -2.73. The second kappa shape index (κ2) is 6.41. The molecule has 2 aromatic carbocycles. The van der Waals surface area contributed by atoms with Crippen LogP contribution in [0.3, 0.4) is 0 Å².